The molecule has 0 amide bonds. The molecule has 0 aliphatic heterocycles. The van der Waals surface area contributed by atoms with Crippen molar-refractivity contribution in [3.8, 4) is 0 Å². The highest BCUT2D eigenvalue weighted by Gasteiger charge is 2.23. The molecule has 4 nitrogen and oxygen atoms in total. The van der Waals surface area contributed by atoms with Crippen molar-refractivity contribution in [1.29, 1.82) is 0 Å². The van der Waals surface area contributed by atoms with Gasteiger partial charge in [0.1, 0.15) is 0 Å². The summed E-state index contributed by atoms with van der Waals surface area (Å²) in [6.45, 7) is 0. The van der Waals surface area contributed by atoms with Crippen molar-refractivity contribution in [3.05, 3.63) is 11.3 Å². The minimum absolute atomic E-state index is 0.291. The van der Waals surface area contributed by atoms with Crippen molar-refractivity contribution in [3.63, 3.8) is 0 Å². The zero-order valence-electron chi connectivity index (χ0n) is 7.66. The first-order chi connectivity index (χ1) is 6.15. The highest BCUT2D eigenvalue weighted by atomic mass is 16.4. The van der Waals surface area contributed by atoms with Crippen LogP contribution in [0, 0.1) is 5.92 Å². The zero-order chi connectivity index (χ0) is 9.84. The lowest BCUT2D eigenvalue weighted by Gasteiger charge is -2.20. The summed E-state index contributed by atoms with van der Waals surface area (Å²) in [6, 6.07) is 0. The van der Waals surface area contributed by atoms with E-state index in [2.05, 4.69) is 4.99 Å². The van der Waals surface area contributed by atoms with Gasteiger partial charge in [-0.1, -0.05) is 0 Å². The SMILES string of the molecule is CN=CC1=C(N)CCC(C(=O)O)C1. The Morgan fingerprint density at radius 3 is 3.00 bits per heavy atom. The summed E-state index contributed by atoms with van der Waals surface area (Å²) in [7, 11) is 1.66. The number of carboxylic acids is 1. The second-order valence-corrected chi connectivity index (χ2v) is 3.22. The van der Waals surface area contributed by atoms with Crippen LogP contribution in [0.25, 0.3) is 0 Å². The second-order valence-electron chi connectivity index (χ2n) is 3.22. The van der Waals surface area contributed by atoms with E-state index in [1.165, 1.54) is 0 Å². The first kappa shape index (κ1) is 9.77. The van der Waals surface area contributed by atoms with Gasteiger partial charge >= 0.3 is 5.97 Å². The predicted octanol–water partition coefficient (Wildman–Crippen LogP) is 0.784. The molecule has 1 atom stereocenters. The maximum Gasteiger partial charge on any atom is 0.306 e. The topological polar surface area (TPSA) is 75.7 Å². The summed E-state index contributed by atoms with van der Waals surface area (Å²) in [6.07, 6.45) is 3.48. The third-order valence-electron chi connectivity index (χ3n) is 2.28. The Hall–Kier alpha value is -1.32. The normalized spacial score (nSPS) is 23.9. The summed E-state index contributed by atoms with van der Waals surface area (Å²) in [5.41, 5.74) is 7.38. The first-order valence-corrected chi connectivity index (χ1v) is 4.27. The first-order valence-electron chi connectivity index (χ1n) is 4.27. The van der Waals surface area contributed by atoms with Crippen molar-refractivity contribution >= 4 is 12.2 Å². The van der Waals surface area contributed by atoms with E-state index in [4.69, 9.17) is 10.8 Å². The Morgan fingerprint density at radius 2 is 2.46 bits per heavy atom. The van der Waals surface area contributed by atoms with Crippen molar-refractivity contribution < 1.29 is 9.90 Å². The van der Waals surface area contributed by atoms with Crippen molar-refractivity contribution in [2.24, 2.45) is 16.6 Å². The quantitative estimate of drug-likeness (QED) is 0.620. The van der Waals surface area contributed by atoms with Crippen LogP contribution in [0.1, 0.15) is 19.3 Å². The molecule has 0 spiro atoms. The molecule has 0 aromatic heterocycles. The van der Waals surface area contributed by atoms with E-state index >= 15 is 0 Å². The monoisotopic (exact) mass is 182 g/mol. The van der Waals surface area contributed by atoms with E-state index in [-0.39, 0.29) is 5.92 Å². The van der Waals surface area contributed by atoms with E-state index in [9.17, 15) is 4.79 Å². The van der Waals surface area contributed by atoms with Gasteiger partial charge in [-0.2, -0.15) is 0 Å². The van der Waals surface area contributed by atoms with Gasteiger partial charge < -0.3 is 10.8 Å². The van der Waals surface area contributed by atoms with Gasteiger partial charge in [0.25, 0.3) is 0 Å². The van der Waals surface area contributed by atoms with E-state index in [1.807, 2.05) is 0 Å². The maximum absolute atomic E-state index is 10.7. The molecular weight excluding hydrogens is 168 g/mol. The Morgan fingerprint density at radius 1 is 1.77 bits per heavy atom. The minimum Gasteiger partial charge on any atom is -0.481 e. The molecule has 3 N–H and O–H groups in total. The Bertz CT molecular complexity index is 269. The molecule has 13 heavy (non-hydrogen) atoms. The summed E-state index contributed by atoms with van der Waals surface area (Å²) < 4.78 is 0. The highest BCUT2D eigenvalue weighted by Crippen LogP contribution is 2.26. The van der Waals surface area contributed by atoms with Crippen molar-refractivity contribution in [2.75, 3.05) is 7.05 Å². The highest BCUT2D eigenvalue weighted by molar-refractivity contribution is 5.82. The molecule has 0 fully saturated rings. The number of hydrogen-bond acceptors (Lipinski definition) is 3. The van der Waals surface area contributed by atoms with E-state index in [1.54, 1.807) is 13.3 Å². The Labute approximate surface area is 77.2 Å². The average Bonchev–Trinajstić information content (AvgIpc) is 2.08. The van der Waals surface area contributed by atoms with Gasteiger partial charge in [0.15, 0.2) is 0 Å². The minimum atomic E-state index is -0.741. The fraction of sp³-hybridized carbons (Fsp3) is 0.556. The van der Waals surface area contributed by atoms with Crippen LogP contribution in [0.5, 0.6) is 0 Å². The van der Waals surface area contributed by atoms with Crippen LogP contribution < -0.4 is 5.73 Å². The van der Waals surface area contributed by atoms with E-state index < -0.39 is 5.97 Å². The standard InChI is InChI=1S/C9H14N2O2/c1-11-5-7-4-6(9(12)13)2-3-8(7)10/h5-6H,2-4,10H2,1H3,(H,12,13). The van der Waals surface area contributed by atoms with Crippen LogP contribution in [0.2, 0.25) is 0 Å². The van der Waals surface area contributed by atoms with Gasteiger partial charge in [-0.15, -0.1) is 0 Å². The molecule has 1 rings (SSSR count). The van der Waals surface area contributed by atoms with E-state index in [0.29, 0.717) is 19.3 Å². The number of nitrogens with zero attached hydrogens (tertiary/aromatic N) is 1. The van der Waals surface area contributed by atoms with Crippen LogP contribution in [0.4, 0.5) is 0 Å². The van der Waals surface area contributed by atoms with Crippen LogP contribution in [0.3, 0.4) is 0 Å². The zero-order valence-corrected chi connectivity index (χ0v) is 7.66. The fourth-order valence-electron chi connectivity index (χ4n) is 1.49. The number of aliphatic carboxylic acids is 1. The molecule has 1 unspecified atom stereocenters. The fourth-order valence-corrected chi connectivity index (χ4v) is 1.49. The second kappa shape index (κ2) is 4.07. The van der Waals surface area contributed by atoms with Crippen LogP contribution >= 0.6 is 0 Å². The molecule has 0 saturated carbocycles. The molecule has 0 saturated heterocycles. The molecule has 0 aromatic rings. The van der Waals surface area contributed by atoms with Crippen LogP contribution in [-0.2, 0) is 4.79 Å². The lowest BCUT2D eigenvalue weighted by atomic mass is 9.87. The van der Waals surface area contributed by atoms with Gasteiger partial charge in [0, 0.05) is 19.0 Å². The summed E-state index contributed by atoms with van der Waals surface area (Å²) >= 11 is 0. The molecule has 0 radical (unpaired) electrons. The number of aliphatic imine (C=N–C) groups is 1. The largest absolute Gasteiger partial charge is 0.481 e. The third kappa shape index (κ3) is 2.31. The molecule has 0 bridgehead atoms. The molecule has 1 aliphatic rings. The summed E-state index contributed by atoms with van der Waals surface area (Å²) in [4.78, 5) is 14.6. The third-order valence-corrected chi connectivity index (χ3v) is 2.28. The van der Waals surface area contributed by atoms with Crippen LogP contribution in [0.15, 0.2) is 16.3 Å². The van der Waals surface area contributed by atoms with Crippen LogP contribution in [-0.4, -0.2) is 24.3 Å². The lowest BCUT2D eigenvalue weighted by Crippen LogP contribution is -2.22. The Balaban J connectivity index is 2.75. The lowest BCUT2D eigenvalue weighted by molar-refractivity contribution is -0.142. The van der Waals surface area contributed by atoms with Gasteiger partial charge in [-0.3, -0.25) is 9.79 Å². The summed E-state index contributed by atoms with van der Waals surface area (Å²) in [5, 5.41) is 8.80. The molecule has 0 aromatic carbocycles. The average molecular weight is 182 g/mol. The van der Waals surface area contributed by atoms with E-state index in [0.717, 1.165) is 11.3 Å². The molecule has 4 heteroatoms. The number of hydrogen-bond donors (Lipinski definition) is 2. The van der Waals surface area contributed by atoms with Gasteiger partial charge in [0.05, 0.1) is 5.92 Å². The summed E-state index contributed by atoms with van der Waals surface area (Å²) in [5.74, 6) is -1.03. The number of allylic oxidation sites excluding steroid dienone is 2. The number of carboxylic acid groups (broad SMARTS) is 1. The molecular formula is C9H14N2O2. The Kier molecular flexibility index (Phi) is 3.06. The smallest absolute Gasteiger partial charge is 0.306 e. The molecule has 1 aliphatic carbocycles. The number of rotatable bonds is 2. The molecule has 0 heterocycles. The number of carbonyl (C=O) groups is 1. The van der Waals surface area contributed by atoms with Gasteiger partial charge in [-0.25, -0.2) is 0 Å². The predicted molar refractivity (Wildman–Crippen MR) is 50.6 cm³/mol. The van der Waals surface area contributed by atoms with Crippen molar-refractivity contribution in [1.82, 2.24) is 0 Å². The maximum atomic E-state index is 10.7. The van der Waals surface area contributed by atoms with Gasteiger partial charge in [0.2, 0.25) is 0 Å². The van der Waals surface area contributed by atoms with Crippen molar-refractivity contribution in [2.45, 2.75) is 19.3 Å². The van der Waals surface area contributed by atoms with Gasteiger partial charge in [-0.05, 0) is 24.8 Å². The number of nitrogens with two attached hydrogens (primary N) is 1. The molecule has 72 valence electrons.